The molecular formula is C18H21ClN2O4S. The average molecular weight is 397 g/mol. The van der Waals surface area contributed by atoms with Crippen molar-refractivity contribution in [1.29, 1.82) is 0 Å². The van der Waals surface area contributed by atoms with E-state index >= 15 is 0 Å². The molecule has 2 aromatic carbocycles. The molecule has 0 bridgehead atoms. The summed E-state index contributed by atoms with van der Waals surface area (Å²) in [5.41, 5.74) is 0.313. The fraction of sp³-hybridized carbons (Fsp3) is 0.278. The molecule has 6 nitrogen and oxygen atoms in total. The molecule has 2 N–H and O–H groups in total. The first-order chi connectivity index (χ1) is 12.0. The molecule has 0 heterocycles. The number of ether oxygens (including phenoxy) is 1. The minimum atomic E-state index is -3.81. The Balaban J connectivity index is 2.19. The number of carbonyl (C=O) groups is 1. The largest absolute Gasteiger partial charge is 0.495 e. The molecule has 2 aromatic rings. The highest BCUT2D eigenvalue weighted by molar-refractivity contribution is 7.92. The lowest BCUT2D eigenvalue weighted by Crippen LogP contribution is -2.40. The lowest BCUT2D eigenvalue weighted by Gasteiger charge is -2.20. The van der Waals surface area contributed by atoms with Gasteiger partial charge in [-0.25, -0.2) is 8.42 Å². The van der Waals surface area contributed by atoms with Crippen LogP contribution in [0.4, 0.5) is 5.69 Å². The molecule has 0 unspecified atom stereocenters. The standard InChI is InChI=1S/C18H21ClN2O4S/c1-18(2,3)20-17(22)12-5-8-14(9-6-12)26(23,24)21-13-7-10-16(25-4)15(19)11-13/h5-11,21H,1-4H3,(H,20,22). The predicted octanol–water partition coefficient (Wildman–Crippen LogP) is 3.68. The average Bonchev–Trinajstić information content (AvgIpc) is 2.53. The van der Waals surface area contributed by atoms with Crippen molar-refractivity contribution in [3.63, 3.8) is 0 Å². The second-order valence-corrected chi connectivity index (χ2v) is 8.77. The van der Waals surface area contributed by atoms with Crippen LogP contribution in [0.25, 0.3) is 0 Å². The molecule has 0 saturated carbocycles. The first-order valence-corrected chi connectivity index (χ1v) is 9.67. The number of nitrogens with one attached hydrogen (secondary N) is 2. The van der Waals surface area contributed by atoms with Gasteiger partial charge >= 0.3 is 0 Å². The lowest BCUT2D eigenvalue weighted by molar-refractivity contribution is 0.0919. The maximum atomic E-state index is 12.5. The van der Waals surface area contributed by atoms with Gasteiger partial charge in [0.15, 0.2) is 0 Å². The van der Waals surface area contributed by atoms with Crippen molar-refractivity contribution in [3.8, 4) is 5.75 Å². The van der Waals surface area contributed by atoms with E-state index in [2.05, 4.69) is 10.0 Å². The van der Waals surface area contributed by atoms with Crippen LogP contribution in [0.5, 0.6) is 5.75 Å². The van der Waals surface area contributed by atoms with Crippen molar-refractivity contribution >= 4 is 33.2 Å². The van der Waals surface area contributed by atoms with Gasteiger partial charge in [0, 0.05) is 11.1 Å². The van der Waals surface area contributed by atoms with Gasteiger partial charge in [-0.3, -0.25) is 9.52 Å². The van der Waals surface area contributed by atoms with Crippen LogP contribution >= 0.6 is 11.6 Å². The second-order valence-electron chi connectivity index (χ2n) is 6.68. The molecule has 2 rings (SSSR count). The Kier molecular flexibility index (Phi) is 5.83. The second kappa shape index (κ2) is 7.55. The molecule has 0 radical (unpaired) electrons. The van der Waals surface area contributed by atoms with Gasteiger partial charge in [0.05, 0.1) is 22.7 Å². The van der Waals surface area contributed by atoms with Crippen molar-refractivity contribution in [3.05, 3.63) is 53.1 Å². The summed E-state index contributed by atoms with van der Waals surface area (Å²) in [6, 6.07) is 10.3. The van der Waals surface area contributed by atoms with Crippen LogP contribution in [0.15, 0.2) is 47.4 Å². The summed E-state index contributed by atoms with van der Waals surface area (Å²) in [6.45, 7) is 5.61. The zero-order valence-electron chi connectivity index (χ0n) is 15.0. The molecule has 8 heteroatoms. The maximum absolute atomic E-state index is 12.5. The van der Waals surface area contributed by atoms with Gasteiger partial charge in [0.1, 0.15) is 5.75 Å². The van der Waals surface area contributed by atoms with Crippen LogP contribution in [-0.4, -0.2) is 27.0 Å². The fourth-order valence-corrected chi connectivity index (χ4v) is 3.45. The number of rotatable bonds is 5. The van der Waals surface area contributed by atoms with Crippen molar-refractivity contribution < 1.29 is 17.9 Å². The lowest BCUT2D eigenvalue weighted by atomic mass is 10.1. The van der Waals surface area contributed by atoms with E-state index in [-0.39, 0.29) is 16.3 Å². The van der Waals surface area contributed by atoms with E-state index < -0.39 is 10.0 Å². The Morgan fingerprint density at radius 2 is 1.69 bits per heavy atom. The number of amides is 1. The molecular weight excluding hydrogens is 376 g/mol. The smallest absolute Gasteiger partial charge is 0.261 e. The van der Waals surface area contributed by atoms with E-state index in [4.69, 9.17) is 16.3 Å². The molecule has 0 aromatic heterocycles. The zero-order chi connectivity index (χ0) is 19.5. The van der Waals surface area contributed by atoms with Crippen LogP contribution in [0.2, 0.25) is 5.02 Å². The molecule has 0 atom stereocenters. The Morgan fingerprint density at radius 3 is 2.19 bits per heavy atom. The number of carbonyl (C=O) groups excluding carboxylic acids is 1. The minimum Gasteiger partial charge on any atom is -0.495 e. The summed E-state index contributed by atoms with van der Waals surface area (Å²) in [5.74, 6) is 0.181. The Hall–Kier alpha value is -2.25. The Labute approximate surface area is 158 Å². The molecule has 0 aliphatic heterocycles. The molecule has 140 valence electrons. The summed E-state index contributed by atoms with van der Waals surface area (Å²) < 4.78 is 32.5. The third-order valence-corrected chi connectivity index (χ3v) is 5.01. The summed E-state index contributed by atoms with van der Waals surface area (Å²) in [4.78, 5) is 12.1. The van der Waals surface area contributed by atoms with Crippen molar-refractivity contribution in [2.24, 2.45) is 0 Å². The van der Waals surface area contributed by atoms with E-state index in [1.165, 1.54) is 37.4 Å². The molecule has 0 spiro atoms. The first kappa shape index (κ1) is 20.1. The van der Waals surface area contributed by atoms with E-state index in [1.54, 1.807) is 12.1 Å². The van der Waals surface area contributed by atoms with Crippen LogP contribution in [-0.2, 0) is 10.0 Å². The summed E-state index contributed by atoms with van der Waals surface area (Å²) in [5, 5.41) is 3.11. The maximum Gasteiger partial charge on any atom is 0.261 e. The van der Waals surface area contributed by atoms with E-state index in [0.717, 1.165) is 0 Å². The van der Waals surface area contributed by atoms with Gasteiger partial charge in [0.2, 0.25) is 0 Å². The van der Waals surface area contributed by atoms with E-state index in [1.807, 2.05) is 20.8 Å². The highest BCUT2D eigenvalue weighted by Crippen LogP contribution is 2.28. The number of hydrogen-bond donors (Lipinski definition) is 2. The summed E-state index contributed by atoms with van der Waals surface area (Å²) in [7, 11) is -2.33. The molecule has 0 saturated heterocycles. The predicted molar refractivity (Wildman–Crippen MR) is 102 cm³/mol. The van der Waals surface area contributed by atoms with Crippen LogP contribution in [0, 0.1) is 0 Å². The van der Waals surface area contributed by atoms with Crippen molar-refractivity contribution in [2.75, 3.05) is 11.8 Å². The number of sulfonamides is 1. The van der Waals surface area contributed by atoms with E-state index in [9.17, 15) is 13.2 Å². The molecule has 26 heavy (non-hydrogen) atoms. The number of anilines is 1. The summed E-state index contributed by atoms with van der Waals surface area (Å²) >= 11 is 6.01. The number of halogens is 1. The van der Waals surface area contributed by atoms with Crippen LogP contribution in [0.1, 0.15) is 31.1 Å². The van der Waals surface area contributed by atoms with Gasteiger partial charge in [-0.05, 0) is 63.2 Å². The number of hydrogen-bond acceptors (Lipinski definition) is 4. The van der Waals surface area contributed by atoms with Crippen molar-refractivity contribution in [2.45, 2.75) is 31.2 Å². The third kappa shape index (κ3) is 5.12. The third-order valence-electron chi connectivity index (χ3n) is 3.32. The fourth-order valence-electron chi connectivity index (χ4n) is 2.14. The Morgan fingerprint density at radius 1 is 1.08 bits per heavy atom. The zero-order valence-corrected chi connectivity index (χ0v) is 16.5. The number of benzene rings is 2. The molecule has 0 fully saturated rings. The first-order valence-electron chi connectivity index (χ1n) is 7.81. The highest BCUT2D eigenvalue weighted by Gasteiger charge is 2.18. The topological polar surface area (TPSA) is 84.5 Å². The van der Waals surface area contributed by atoms with Crippen LogP contribution in [0.3, 0.4) is 0 Å². The SMILES string of the molecule is COc1ccc(NS(=O)(=O)c2ccc(C(=O)NC(C)(C)C)cc2)cc1Cl. The molecule has 0 aliphatic carbocycles. The van der Waals surface area contributed by atoms with Gasteiger partial charge in [-0.1, -0.05) is 11.6 Å². The molecule has 1 amide bonds. The normalized spacial score (nSPS) is 11.7. The van der Waals surface area contributed by atoms with Gasteiger partial charge in [-0.15, -0.1) is 0 Å². The monoisotopic (exact) mass is 396 g/mol. The van der Waals surface area contributed by atoms with Gasteiger partial charge in [0.25, 0.3) is 15.9 Å². The van der Waals surface area contributed by atoms with Crippen LogP contribution < -0.4 is 14.8 Å². The number of methoxy groups -OCH3 is 1. The summed E-state index contributed by atoms with van der Waals surface area (Å²) in [6.07, 6.45) is 0. The van der Waals surface area contributed by atoms with Crippen molar-refractivity contribution in [1.82, 2.24) is 5.32 Å². The minimum absolute atomic E-state index is 0.0387. The quantitative estimate of drug-likeness (QED) is 0.807. The Bertz CT molecular complexity index is 904. The van der Waals surface area contributed by atoms with Gasteiger partial charge in [-0.2, -0.15) is 0 Å². The van der Waals surface area contributed by atoms with E-state index in [0.29, 0.717) is 22.0 Å². The highest BCUT2D eigenvalue weighted by atomic mass is 35.5. The molecule has 0 aliphatic rings. The van der Waals surface area contributed by atoms with Gasteiger partial charge < -0.3 is 10.1 Å².